The van der Waals surface area contributed by atoms with Gasteiger partial charge in [-0.2, -0.15) is 0 Å². The van der Waals surface area contributed by atoms with E-state index < -0.39 is 29.1 Å². The van der Waals surface area contributed by atoms with E-state index in [1.54, 1.807) is 4.98 Å². The van der Waals surface area contributed by atoms with Gasteiger partial charge in [-0.1, -0.05) is 11.6 Å². The predicted octanol–water partition coefficient (Wildman–Crippen LogP) is 1.06. The molecule has 76 valence electrons. The minimum atomic E-state index is -3.01. The largest absolute Gasteiger partial charge is 0.365 e. The van der Waals surface area contributed by atoms with Gasteiger partial charge in [0, 0.05) is 6.07 Å². The number of hydrogen-bond acceptors (Lipinski definition) is 2. The lowest BCUT2D eigenvalue weighted by atomic mass is 10.2. The number of pyridine rings is 1. The molecule has 0 aliphatic heterocycles. The zero-order valence-electron chi connectivity index (χ0n) is 6.68. The van der Waals surface area contributed by atoms with Crippen molar-refractivity contribution >= 4 is 17.5 Å². The molecular weight excluding hydrogens is 218 g/mol. The molecule has 0 atom stereocenters. The minimum Gasteiger partial charge on any atom is -0.365 e. The summed E-state index contributed by atoms with van der Waals surface area (Å²) in [6, 6.07) is 0.813. The molecule has 0 saturated heterocycles. The van der Waals surface area contributed by atoms with Crippen molar-refractivity contribution in [3.63, 3.8) is 0 Å². The molecular formula is C7H5ClF2N2O2. The van der Waals surface area contributed by atoms with Crippen LogP contribution in [0.1, 0.15) is 22.5 Å². The molecule has 0 aliphatic rings. The minimum absolute atomic E-state index is 0.378. The summed E-state index contributed by atoms with van der Waals surface area (Å²) in [5.41, 5.74) is 2.61. The molecule has 1 rings (SSSR count). The molecule has 0 bridgehead atoms. The number of amides is 1. The highest BCUT2D eigenvalue weighted by Gasteiger charge is 2.21. The molecule has 0 unspecified atom stereocenters. The Bertz CT molecular complexity index is 430. The summed E-state index contributed by atoms with van der Waals surface area (Å²) in [4.78, 5) is 23.3. The van der Waals surface area contributed by atoms with Gasteiger partial charge in [-0.3, -0.25) is 9.59 Å². The van der Waals surface area contributed by atoms with Crippen molar-refractivity contribution < 1.29 is 13.6 Å². The monoisotopic (exact) mass is 222 g/mol. The van der Waals surface area contributed by atoms with Crippen molar-refractivity contribution in [1.29, 1.82) is 0 Å². The van der Waals surface area contributed by atoms with E-state index in [4.69, 9.17) is 17.3 Å². The predicted molar refractivity (Wildman–Crippen MR) is 45.5 cm³/mol. The van der Waals surface area contributed by atoms with Gasteiger partial charge in [0.05, 0.1) is 16.3 Å². The van der Waals surface area contributed by atoms with Crippen LogP contribution in [0.2, 0.25) is 5.02 Å². The fraction of sp³-hybridized carbons (Fsp3) is 0.143. The summed E-state index contributed by atoms with van der Waals surface area (Å²) in [6.45, 7) is 0. The molecule has 3 N–H and O–H groups in total. The standard InChI is InChI=1S/C7H5ClF2N2O2/c8-2-1-3(13)12-5(6(9)10)4(2)7(11)14/h1,6H,(H2,11,14)(H,12,13). The van der Waals surface area contributed by atoms with Crippen LogP contribution in [-0.2, 0) is 0 Å². The van der Waals surface area contributed by atoms with Crippen LogP contribution in [0.25, 0.3) is 0 Å². The smallest absolute Gasteiger partial charge is 0.279 e. The number of hydrogen-bond donors (Lipinski definition) is 2. The van der Waals surface area contributed by atoms with Crippen LogP contribution < -0.4 is 11.3 Å². The molecule has 4 nitrogen and oxygen atoms in total. The first kappa shape index (κ1) is 10.6. The molecule has 1 amide bonds. The second kappa shape index (κ2) is 3.75. The fourth-order valence-electron chi connectivity index (χ4n) is 0.961. The van der Waals surface area contributed by atoms with Crippen molar-refractivity contribution in [2.45, 2.75) is 6.43 Å². The van der Waals surface area contributed by atoms with Crippen LogP contribution in [0.4, 0.5) is 8.78 Å². The lowest BCUT2D eigenvalue weighted by Crippen LogP contribution is -2.20. The molecule has 14 heavy (non-hydrogen) atoms. The van der Waals surface area contributed by atoms with Gasteiger partial charge in [-0.25, -0.2) is 8.78 Å². The Hall–Kier alpha value is -1.43. The first-order chi connectivity index (χ1) is 6.43. The van der Waals surface area contributed by atoms with Gasteiger partial charge in [-0.15, -0.1) is 0 Å². The molecule has 1 aromatic heterocycles. The molecule has 0 saturated carbocycles. The quantitative estimate of drug-likeness (QED) is 0.785. The molecule has 0 aliphatic carbocycles. The Labute approximate surface area is 81.7 Å². The zero-order chi connectivity index (χ0) is 10.9. The van der Waals surface area contributed by atoms with Gasteiger partial charge in [0.25, 0.3) is 12.3 Å². The number of aromatic nitrogens is 1. The number of nitrogens with two attached hydrogens (primary N) is 1. The van der Waals surface area contributed by atoms with Crippen LogP contribution in [0.5, 0.6) is 0 Å². The molecule has 1 heterocycles. The Balaban J connectivity index is 3.52. The first-order valence-electron chi connectivity index (χ1n) is 3.44. The van der Waals surface area contributed by atoms with Crippen molar-refractivity contribution in [2.24, 2.45) is 5.73 Å². The van der Waals surface area contributed by atoms with E-state index in [0.717, 1.165) is 6.07 Å². The highest BCUT2D eigenvalue weighted by Crippen LogP contribution is 2.24. The van der Waals surface area contributed by atoms with E-state index >= 15 is 0 Å². The van der Waals surface area contributed by atoms with E-state index in [9.17, 15) is 18.4 Å². The maximum atomic E-state index is 12.3. The molecule has 0 fully saturated rings. The summed E-state index contributed by atoms with van der Waals surface area (Å²) in [5, 5.41) is -0.378. The summed E-state index contributed by atoms with van der Waals surface area (Å²) < 4.78 is 24.6. The SMILES string of the molecule is NC(=O)c1c(Cl)cc(=O)[nH]c1C(F)F. The average molecular weight is 223 g/mol. The normalized spacial score (nSPS) is 10.6. The van der Waals surface area contributed by atoms with Crippen molar-refractivity contribution in [2.75, 3.05) is 0 Å². The Morgan fingerprint density at radius 3 is 2.57 bits per heavy atom. The number of carbonyl (C=O) groups is 1. The van der Waals surface area contributed by atoms with Gasteiger partial charge < -0.3 is 10.7 Å². The van der Waals surface area contributed by atoms with Crippen LogP contribution >= 0.6 is 11.6 Å². The van der Waals surface area contributed by atoms with Gasteiger partial charge in [0.15, 0.2) is 0 Å². The van der Waals surface area contributed by atoms with Crippen molar-refractivity contribution in [1.82, 2.24) is 4.98 Å². The summed E-state index contributed by atoms with van der Waals surface area (Å²) >= 11 is 5.42. The highest BCUT2D eigenvalue weighted by molar-refractivity contribution is 6.33. The molecule has 0 radical (unpaired) electrons. The van der Waals surface area contributed by atoms with E-state index in [0.29, 0.717) is 0 Å². The highest BCUT2D eigenvalue weighted by atomic mass is 35.5. The first-order valence-corrected chi connectivity index (χ1v) is 3.82. The average Bonchev–Trinajstić information content (AvgIpc) is 2.01. The van der Waals surface area contributed by atoms with E-state index in [2.05, 4.69) is 0 Å². The number of H-pyrrole nitrogens is 1. The number of rotatable bonds is 2. The lowest BCUT2D eigenvalue weighted by molar-refractivity contribution is 0.0983. The molecule has 0 spiro atoms. The third kappa shape index (κ3) is 1.90. The third-order valence-electron chi connectivity index (χ3n) is 1.49. The molecule has 1 aromatic rings. The number of nitrogens with one attached hydrogen (secondary N) is 1. The number of halogens is 3. The Kier molecular flexibility index (Phi) is 2.85. The van der Waals surface area contributed by atoms with Crippen molar-refractivity contribution in [3.8, 4) is 0 Å². The number of carbonyl (C=O) groups excluding carboxylic acids is 1. The Morgan fingerprint density at radius 1 is 1.57 bits per heavy atom. The maximum absolute atomic E-state index is 12.3. The van der Waals surface area contributed by atoms with Gasteiger partial charge in [0.1, 0.15) is 0 Å². The summed E-state index contributed by atoms with van der Waals surface area (Å²) in [5.74, 6) is -1.11. The summed E-state index contributed by atoms with van der Waals surface area (Å²) in [7, 11) is 0. The van der Waals surface area contributed by atoms with Gasteiger partial charge in [-0.05, 0) is 0 Å². The van der Waals surface area contributed by atoms with Crippen molar-refractivity contribution in [3.05, 3.63) is 32.7 Å². The summed E-state index contributed by atoms with van der Waals surface area (Å²) in [6.07, 6.45) is -3.01. The van der Waals surface area contributed by atoms with E-state index in [1.165, 1.54) is 0 Å². The third-order valence-corrected chi connectivity index (χ3v) is 1.79. The van der Waals surface area contributed by atoms with Gasteiger partial charge in [0.2, 0.25) is 5.56 Å². The van der Waals surface area contributed by atoms with Crippen LogP contribution in [0, 0.1) is 0 Å². The fourth-order valence-corrected chi connectivity index (χ4v) is 1.26. The van der Waals surface area contributed by atoms with Crippen LogP contribution in [0.15, 0.2) is 10.9 Å². The van der Waals surface area contributed by atoms with E-state index in [-0.39, 0.29) is 5.02 Å². The second-order valence-electron chi connectivity index (χ2n) is 2.44. The van der Waals surface area contributed by atoms with Gasteiger partial charge >= 0.3 is 0 Å². The Morgan fingerprint density at radius 2 is 2.14 bits per heavy atom. The number of aromatic amines is 1. The molecule has 7 heteroatoms. The second-order valence-corrected chi connectivity index (χ2v) is 2.84. The number of alkyl halides is 2. The van der Waals surface area contributed by atoms with Crippen LogP contribution in [-0.4, -0.2) is 10.9 Å². The van der Waals surface area contributed by atoms with E-state index in [1.807, 2.05) is 0 Å². The molecule has 0 aromatic carbocycles. The zero-order valence-corrected chi connectivity index (χ0v) is 7.44. The van der Waals surface area contributed by atoms with Crippen LogP contribution in [0.3, 0.4) is 0 Å². The maximum Gasteiger partial charge on any atom is 0.279 e. The topological polar surface area (TPSA) is 76.0 Å². The number of primary amides is 1. The lowest BCUT2D eigenvalue weighted by Gasteiger charge is -2.06.